The van der Waals surface area contributed by atoms with E-state index >= 15 is 0 Å². The Bertz CT molecular complexity index is 687. The normalized spacial score (nSPS) is 12.1. The summed E-state index contributed by atoms with van der Waals surface area (Å²) in [5.41, 5.74) is 0.842. The summed E-state index contributed by atoms with van der Waals surface area (Å²) in [6, 6.07) is 8.41. The fourth-order valence-corrected chi connectivity index (χ4v) is 2.33. The first kappa shape index (κ1) is 15.3. The second kappa shape index (κ2) is 6.14. The Balaban J connectivity index is 2.49. The smallest absolute Gasteiger partial charge is 0.339 e. The van der Waals surface area contributed by atoms with Gasteiger partial charge in [-0.1, -0.05) is 37.6 Å². The zero-order valence-corrected chi connectivity index (χ0v) is 12.5. The summed E-state index contributed by atoms with van der Waals surface area (Å²) in [4.78, 5) is 23.1. The third-order valence-corrected chi connectivity index (χ3v) is 3.56. The van der Waals surface area contributed by atoms with Gasteiger partial charge in [-0.25, -0.2) is 4.79 Å². The second-order valence-corrected chi connectivity index (χ2v) is 5.18. The highest BCUT2D eigenvalue weighted by Crippen LogP contribution is 2.31. The Morgan fingerprint density at radius 1 is 1.33 bits per heavy atom. The van der Waals surface area contributed by atoms with Crippen LogP contribution in [0.15, 0.2) is 34.7 Å². The summed E-state index contributed by atoms with van der Waals surface area (Å²) in [7, 11) is 0. The van der Waals surface area contributed by atoms with E-state index < -0.39 is 5.97 Å². The number of ketones is 1. The minimum Gasteiger partial charge on any atom is -0.478 e. The Morgan fingerprint density at radius 3 is 2.62 bits per heavy atom. The van der Waals surface area contributed by atoms with E-state index in [1.165, 1.54) is 6.07 Å². The molecule has 0 spiro atoms. The summed E-state index contributed by atoms with van der Waals surface area (Å²) < 4.78 is 5.51. The predicted octanol–water partition coefficient (Wildman–Crippen LogP) is 4.38. The van der Waals surface area contributed by atoms with Gasteiger partial charge < -0.3 is 9.52 Å². The topological polar surface area (TPSA) is 67.5 Å². The quantitative estimate of drug-likeness (QED) is 0.833. The van der Waals surface area contributed by atoms with Crippen molar-refractivity contribution in [2.45, 2.75) is 26.2 Å². The molecule has 0 aliphatic heterocycles. The van der Waals surface area contributed by atoms with E-state index in [1.807, 2.05) is 13.0 Å². The van der Waals surface area contributed by atoms with Crippen LogP contribution < -0.4 is 0 Å². The van der Waals surface area contributed by atoms with Crippen molar-refractivity contribution in [3.8, 4) is 0 Å². The number of hydrogen-bond donors (Lipinski definition) is 1. The van der Waals surface area contributed by atoms with Crippen molar-refractivity contribution in [3.63, 3.8) is 0 Å². The number of carbonyl (C=O) groups excluding carboxylic acids is 1. The maximum absolute atomic E-state index is 11.7. The Morgan fingerprint density at radius 2 is 2.05 bits per heavy atom. The van der Waals surface area contributed by atoms with Crippen molar-refractivity contribution in [1.82, 2.24) is 0 Å². The lowest BCUT2D eigenvalue weighted by molar-refractivity contribution is 0.0693. The number of carboxylic acids is 1. The molecule has 0 aliphatic rings. The minimum atomic E-state index is -1.11. The van der Waals surface area contributed by atoms with Gasteiger partial charge >= 0.3 is 5.97 Å². The van der Waals surface area contributed by atoms with Gasteiger partial charge in [0, 0.05) is 23.4 Å². The molecule has 2 rings (SSSR count). The third-order valence-electron chi connectivity index (χ3n) is 3.33. The lowest BCUT2D eigenvalue weighted by Crippen LogP contribution is -2.03. The van der Waals surface area contributed by atoms with Crippen LogP contribution in [0.5, 0.6) is 0 Å². The molecule has 5 heteroatoms. The molecule has 0 bridgehead atoms. The number of halogens is 1. The van der Waals surface area contributed by atoms with Crippen molar-refractivity contribution in [2.75, 3.05) is 0 Å². The predicted molar refractivity (Wildman–Crippen MR) is 79.3 cm³/mol. The van der Waals surface area contributed by atoms with Gasteiger partial charge in [-0.05, 0) is 17.7 Å². The van der Waals surface area contributed by atoms with E-state index in [-0.39, 0.29) is 35.2 Å². The van der Waals surface area contributed by atoms with E-state index in [0.29, 0.717) is 5.02 Å². The van der Waals surface area contributed by atoms with Crippen LogP contribution in [0.25, 0.3) is 0 Å². The largest absolute Gasteiger partial charge is 0.478 e. The number of benzene rings is 1. The summed E-state index contributed by atoms with van der Waals surface area (Å²) in [5.74, 6) is -1.30. The van der Waals surface area contributed by atoms with Crippen molar-refractivity contribution < 1.29 is 19.1 Å². The van der Waals surface area contributed by atoms with Crippen LogP contribution in [0.2, 0.25) is 5.02 Å². The van der Waals surface area contributed by atoms with Crippen molar-refractivity contribution in [3.05, 3.63) is 58.0 Å². The first-order chi connectivity index (χ1) is 9.93. The number of furan rings is 1. The molecule has 110 valence electrons. The molecule has 0 aliphatic carbocycles. The zero-order valence-electron chi connectivity index (χ0n) is 11.7. The van der Waals surface area contributed by atoms with Crippen LogP contribution in [0.1, 0.15) is 58.4 Å². The summed E-state index contributed by atoms with van der Waals surface area (Å²) >= 11 is 5.96. The fraction of sp³-hybridized carbons (Fsp3) is 0.250. The molecule has 1 aromatic heterocycles. The first-order valence-corrected chi connectivity index (χ1v) is 6.97. The molecule has 0 amide bonds. The lowest BCUT2D eigenvalue weighted by Gasteiger charge is -2.10. The van der Waals surface area contributed by atoms with E-state index in [9.17, 15) is 14.7 Å². The van der Waals surface area contributed by atoms with Crippen LogP contribution in [-0.2, 0) is 0 Å². The Hall–Kier alpha value is -2.07. The molecule has 1 heterocycles. The molecule has 2 aromatic rings. The zero-order chi connectivity index (χ0) is 15.6. The number of hydrogen-bond acceptors (Lipinski definition) is 3. The highest BCUT2D eigenvalue weighted by Gasteiger charge is 2.25. The average molecular weight is 307 g/mol. The number of rotatable bonds is 5. The van der Waals surface area contributed by atoms with Crippen LogP contribution in [0, 0.1) is 0 Å². The Labute approximate surface area is 127 Å². The number of aromatic carboxylic acids is 1. The van der Waals surface area contributed by atoms with Gasteiger partial charge in [0.15, 0.2) is 11.5 Å². The summed E-state index contributed by atoms with van der Waals surface area (Å²) in [5, 5.41) is 9.85. The molecule has 0 saturated carbocycles. The fourth-order valence-electron chi connectivity index (χ4n) is 2.13. The van der Waals surface area contributed by atoms with E-state index in [4.69, 9.17) is 16.0 Å². The van der Waals surface area contributed by atoms with E-state index in [1.54, 1.807) is 25.1 Å². The SMILES string of the molecule is CCC(=O)c1cc(C(=O)O)c(C(C)c2cccc(Cl)c2)o1. The van der Waals surface area contributed by atoms with Crippen molar-refractivity contribution in [2.24, 2.45) is 0 Å². The molecule has 21 heavy (non-hydrogen) atoms. The third kappa shape index (κ3) is 3.16. The molecule has 0 saturated heterocycles. The van der Waals surface area contributed by atoms with Gasteiger partial charge in [-0.15, -0.1) is 0 Å². The maximum atomic E-state index is 11.7. The number of carboxylic acid groups (broad SMARTS) is 1. The monoisotopic (exact) mass is 306 g/mol. The van der Waals surface area contributed by atoms with E-state index in [2.05, 4.69) is 0 Å². The molecular weight excluding hydrogens is 292 g/mol. The molecule has 1 unspecified atom stereocenters. The highest BCUT2D eigenvalue weighted by molar-refractivity contribution is 6.30. The summed E-state index contributed by atoms with van der Waals surface area (Å²) in [6.45, 7) is 3.52. The second-order valence-electron chi connectivity index (χ2n) is 4.75. The van der Waals surface area contributed by atoms with Gasteiger partial charge in [-0.3, -0.25) is 4.79 Å². The van der Waals surface area contributed by atoms with Gasteiger partial charge in [0.05, 0.1) is 0 Å². The standard InChI is InChI=1S/C16H15ClO4/c1-3-13(18)14-8-12(16(19)20)15(21-14)9(2)10-5-4-6-11(17)7-10/h4-9H,3H2,1-2H3,(H,19,20). The van der Waals surface area contributed by atoms with Crippen LogP contribution >= 0.6 is 11.6 Å². The van der Waals surface area contributed by atoms with Gasteiger partial charge in [-0.2, -0.15) is 0 Å². The average Bonchev–Trinajstić information content (AvgIpc) is 2.91. The molecular formula is C16H15ClO4. The van der Waals surface area contributed by atoms with Gasteiger partial charge in [0.1, 0.15) is 11.3 Å². The molecule has 1 N–H and O–H groups in total. The first-order valence-electron chi connectivity index (χ1n) is 6.59. The molecule has 4 nitrogen and oxygen atoms in total. The van der Waals surface area contributed by atoms with Gasteiger partial charge in [0.2, 0.25) is 0 Å². The van der Waals surface area contributed by atoms with E-state index in [0.717, 1.165) is 5.56 Å². The van der Waals surface area contributed by atoms with Gasteiger partial charge in [0.25, 0.3) is 0 Å². The summed E-state index contributed by atoms with van der Waals surface area (Å²) in [6.07, 6.45) is 0.261. The Kier molecular flexibility index (Phi) is 4.48. The van der Waals surface area contributed by atoms with Crippen LogP contribution in [0.3, 0.4) is 0 Å². The van der Waals surface area contributed by atoms with Crippen molar-refractivity contribution in [1.29, 1.82) is 0 Å². The van der Waals surface area contributed by atoms with Crippen LogP contribution in [-0.4, -0.2) is 16.9 Å². The van der Waals surface area contributed by atoms with Crippen molar-refractivity contribution >= 4 is 23.4 Å². The lowest BCUT2D eigenvalue weighted by atomic mass is 9.96. The molecule has 0 fully saturated rings. The van der Waals surface area contributed by atoms with Crippen LogP contribution in [0.4, 0.5) is 0 Å². The molecule has 1 aromatic carbocycles. The molecule has 1 atom stereocenters. The number of carbonyl (C=O) groups is 2. The molecule has 0 radical (unpaired) electrons. The minimum absolute atomic E-state index is 0.0132. The highest BCUT2D eigenvalue weighted by atomic mass is 35.5. The maximum Gasteiger partial charge on any atom is 0.339 e. The number of Topliss-reactive ketones (excluding diaryl/α,β-unsaturated/α-hetero) is 1.